The molecule has 2 heterocycles. The van der Waals surface area contributed by atoms with E-state index >= 15 is 0 Å². The number of carbonyl (C=O) groups excluding carboxylic acids is 3. The van der Waals surface area contributed by atoms with E-state index in [1.807, 2.05) is 0 Å². The molecule has 1 aliphatic heterocycles. The summed E-state index contributed by atoms with van der Waals surface area (Å²) in [6.07, 6.45) is -4.61. The standard InChI is InChI=1S/C21H21ClF4N4O4S/c1-29(11-21(24,25)26)15(9-27-20(33)16-4-5-17(22)35-16)19(32)28-14-3-2-12(8-13(14)23)30-6-7-34-10-18(30)31/h2-5,8,15H,6-7,9-11H2,1H3,(H,27,33)(H,28,32)/t15-/m1/s1. The summed E-state index contributed by atoms with van der Waals surface area (Å²) < 4.78 is 59.0. The molecule has 1 aromatic carbocycles. The van der Waals surface area contributed by atoms with Gasteiger partial charge in [-0.15, -0.1) is 11.3 Å². The average Bonchev–Trinajstić information content (AvgIpc) is 3.21. The molecule has 1 aliphatic rings. The first-order valence-electron chi connectivity index (χ1n) is 10.2. The number of hydrogen-bond acceptors (Lipinski definition) is 6. The Bertz CT molecular complexity index is 1100. The second kappa shape index (κ2) is 11.3. The number of nitrogens with zero attached hydrogens (tertiary/aromatic N) is 2. The molecular formula is C21H21ClF4N4O4S. The third-order valence-electron chi connectivity index (χ3n) is 5.02. The van der Waals surface area contributed by atoms with Crippen LogP contribution in [0.4, 0.5) is 28.9 Å². The van der Waals surface area contributed by atoms with Crippen LogP contribution in [0, 0.1) is 5.82 Å². The van der Waals surface area contributed by atoms with Crippen molar-refractivity contribution in [3.63, 3.8) is 0 Å². The Morgan fingerprint density at radius 3 is 2.63 bits per heavy atom. The van der Waals surface area contributed by atoms with Gasteiger partial charge in [-0.2, -0.15) is 13.2 Å². The zero-order chi connectivity index (χ0) is 25.8. The Morgan fingerprint density at radius 1 is 1.29 bits per heavy atom. The number of alkyl halides is 3. The molecule has 190 valence electrons. The maximum absolute atomic E-state index is 14.7. The van der Waals surface area contributed by atoms with E-state index in [1.165, 1.54) is 29.2 Å². The van der Waals surface area contributed by atoms with Crippen LogP contribution in [0.15, 0.2) is 30.3 Å². The van der Waals surface area contributed by atoms with E-state index in [1.54, 1.807) is 0 Å². The van der Waals surface area contributed by atoms with E-state index in [0.29, 0.717) is 9.24 Å². The predicted molar refractivity (Wildman–Crippen MR) is 122 cm³/mol. The van der Waals surface area contributed by atoms with Crippen molar-refractivity contribution in [3.8, 4) is 0 Å². The van der Waals surface area contributed by atoms with Gasteiger partial charge in [0.05, 0.1) is 28.1 Å². The fraction of sp³-hybridized carbons (Fsp3) is 0.381. The number of carbonyl (C=O) groups is 3. The molecule has 1 atom stereocenters. The smallest absolute Gasteiger partial charge is 0.370 e. The Morgan fingerprint density at radius 2 is 2.03 bits per heavy atom. The molecule has 0 bridgehead atoms. The molecule has 3 rings (SSSR count). The van der Waals surface area contributed by atoms with E-state index in [-0.39, 0.29) is 41.9 Å². The van der Waals surface area contributed by atoms with Crippen molar-refractivity contribution in [2.75, 3.05) is 50.1 Å². The van der Waals surface area contributed by atoms with Crippen molar-refractivity contribution in [2.24, 2.45) is 0 Å². The van der Waals surface area contributed by atoms with Crippen molar-refractivity contribution >= 4 is 52.0 Å². The summed E-state index contributed by atoms with van der Waals surface area (Å²) in [5.74, 6) is -2.82. The van der Waals surface area contributed by atoms with Gasteiger partial charge >= 0.3 is 6.18 Å². The number of thiophene rings is 1. The second-order valence-corrected chi connectivity index (χ2v) is 9.33. The number of benzene rings is 1. The Balaban J connectivity index is 1.73. The molecule has 0 spiro atoms. The lowest BCUT2D eigenvalue weighted by Crippen LogP contribution is -2.51. The van der Waals surface area contributed by atoms with Crippen LogP contribution in [0.5, 0.6) is 0 Å². The lowest BCUT2D eigenvalue weighted by Gasteiger charge is -2.28. The zero-order valence-electron chi connectivity index (χ0n) is 18.3. The molecular weight excluding hydrogens is 516 g/mol. The maximum atomic E-state index is 14.7. The van der Waals surface area contributed by atoms with Crippen LogP contribution in [0.3, 0.4) is 0 Å². The molecule has 0 aliphatic carbocycles. The minimum absolute atomic E-state index is 0.142. The molecule has 1 saturated heterocycles. The Kier molecular flexibility index (Phi) is 8.70. The van der Waals surface area contributed by atoms with Crippen molar-refractivity contribution in [1.82, 2.24) is 10.2 Å². The van der Waals surface area contributed by atoms with E-state index < -0.39 is 42.9 Å². The summed E-state index contributed by atoms with van der Waals surface area (Å²) in [4.78, 5) is 39.3. The van der Waals surface area contributed by atoms with Gasteiger partial charge in [0, 0.05) is 18.8 Å². The number of amides is 3. The minimum atomic E-state index is -4.61. The van der Waals surface area contributed by atoms with E-state index in [4.69, 9.17) is 16.3 Å². The molecule has 1 aromatic heterocycles. The number of rotatable bonds is 8. The topological polar surface area (TPSA) is 91.0 Å². The van der Waals surface area contributed by atoms with E-state index in [2.05, 4.69) is 10.6 Å². The lowest BCUT2D eigenvalue weighted by molar-refractivity contribution is -0.150. The van der Waals surface area contributed by atoms with Gasteiger partial charge in [0.15, 0.2) is 0 Å². The molecule has 0 saturated carbocycles. The van der Waals surface area contributed by atoms with Crippen molar-refractivity contribution in [1.29, 1.82) is 0 Å². The molecule has 2 aromatic rings. The molecule has 14 heteroatoms. The molecule has 1 fully saturated rings. The fourth-order valence-electron chi connectivity index (χ4n) is 3.33. The van der Waals surface area contributed by atoms with Crippen LogP contribution < -0.4 is 15.5 Å². The van der Waals surface area contributed by atoms with Crippen LogP contribution in [0.1, 0.15) is 9.67 Å². The quantitative estimate of drug-likeness (QED) is 0.506. The molecule has 8 nitrogen and oxygen atoms in total. The first-order chi connectivity index (χ1) is 16.4. The van der Waals surface area contributed by atoms with Crippen LogP contribution in [0.2, 0.25) is 4.34 Å². The van der Waals surface area contributed by atoms with Crippen LogP contribution in [-0.2, 0) is 14.3 Å². The summed E-state index contributed by atoms with van der Waals surface area (Å²) >= 11 is 6.76. The lowest BCUT2D eigenvalue weighted by atomic mass is 10.2. The first kappa shape index (κ1) is 26.9. The van der Waals surface area contributed by atoms with Gasteiger partial charge in [0.2, 0.25) is 5.91 Å². The minimum Gasteiger partial charge on any atom is -0.370 e. The summed E-state index contributed by atoms with van der Waals surface area (Å²) in [6.45, 7) is -1.55. The first-order valence-corrected chi connectivity index (χ1v) is 11.4. The Labute approximate surface area is 206 Å². The SMILES string of the molecule is CN(CC(F)(F)F)[C@H](CNC(=O)c1ccc(Cl)s1)C(=O)Nc1ccc(N2CCOCC2=O)cc1F. The second-order valence-electron chi connectivity index (χ2n) is 7.61. The molecule has 2 N–H and O–H groups in total. The monoisotopic (exact) mass is 536 g/mol. The number of halogens is 5. The molecule has 0 unspecified atom stereocenters. The highest BCUT2D eigenvalue weighted by molar-refractivity contribution is 7.18. The fourth-order valence-corrected chi connectivity index (χ4v) is 4.29. The average molecular weight is 537 g/mol. The van der Waals surface area contributed by atoms with Crippen LogP contribution in [-0.4, -0.2) is 74.7 Å². The molecule has 0 radical (unpaired) electrons. The summed E-state index contributed by atoms with van der Waals surface area (Å²) in [6, 6.07) is 5.09. The summed E-state index contributed by atoms with van der Waals surface area (Å²) in [5.41, 5.74) is -0.0392. The van der Waals surface area contributed by atoms with Gasteiger partial charge < -0.3 is 20.3 Å². The van der Waals surface area contributed by atoms with Crippen LogP contribution >= 0.6 is 22.9 Å². The van der Waals surface area contributed by atoms with Gasteiger partial charge in [-0.3, -0.25) is 19.3 Å². The van der Waals surface area contributed by atoms with Gasteiger partial charge in [-0.25, -0.2) is 4.39 Å². The number of hydrogen-bond donors (Lipinski definition) is 2. The maximum Gasteiger partial charge on any atom is 0.401 e. The highest BCUT2D eigenvalue weighted by atomic mass is 35.5. The molecule has 35 heavy (non-hydrogen) atoms. The van der Waals surface area contributed by atoms with Crippen LogP contribution in [0.25, 0.3) is 0 Å². The van der Waals surface area contributed by atoms with Crippen molar-refractivity contribution < 1.29 is 36.7 Å². The van der Waals surface area contributed by atoms with E-state index in [0.717, 1.165) is 24.5 Å². The highest BCUT2D eigenvalue weighted by Crippen LogP contribution is 2.25. The number of anilines is 2. The number of morpholine rings is 1. The van der Waals surface area contributed by atoms with E-state index in [9.17, 15) is 31.9 Å². The van der Waals surface area contributed by atoms with Gasteiger partial charge in [0.1, 0.15) is 18.5 Å². The third kappa shape index (κ3) is 7.37. The van der Waals surface area contributed by atoms with Gasteiger partial charge in [-0.1, -0.05) is 11.6 Å². The number of ether oxygens (including phenoxy) is 1. The Hall–Kier alpha value is -2.74. The largest absolute Gasteiger partial charge is 0.401 e. The van der Waals surface area contributed by atoms with Gasteiger partial charge in [-0.05, 0) is 37.4 Å². The number of likely N-dealkylation sites (N-methyl/N-ethyl adjacent to an activating group) is 1. The predicted octanol–water partition coefficient (Wildman–Crippen LogP) is 3.14. The summed E-state index contributed by atoms with van der Waals surface area (Å²) in [7, 11) is 1.06. The number of nitrogens with one attached hydrogen (secondary N) is 2. The summed E-state index contributed by atoms with van der Waals surface area (Å²) in [5, 5.41) is 4.68. The molecule has 3 amide bonds. The third-order valence-corrected chi connectivity index (χ3v) is 6.25. The van der Waals surface area contributed by atoms with Gasteiger partial charge in [0.25, 0.3) is 11.8 Å². The van der Waals surface area contributed by atoms with Crippen molar-refractivity contribution in [3.05, 3.63) is 45.4 Å². The highest BCUT2D eigenvalue weighted by Gasteiger charge is 2.35. The van der Waals surface area contributed by atoms with Crippen molar-refractivity contribution in [2.45, 2.75) is 12.2 Å². The zero-order valence-corrected chi connectivity index (χ0v) is 19.9. The normalized spacial score (nSPS) is 15.3.